The number of rotatable bonds is 3. The van der Waals surface area contributed by atoms with Gasteiger partial charge < -0.3 is 9.36 Å². The van der Waals surface area contributed by atoms with Gasteiger partial charge in [0, 0.05) is 19.4 Å². The van der Waals surface area contributed by atoms with Crippen LogP contribution in [0.1, 0.15) is 25.3 Å². The molecule has 0 bridgehead atoms. The van der Waals surface area contributed by atoms with Gasteiger partial charge >= 0.3 is 18.0 Å². The van der Waals surface area contributed by atoms with Crippen LogP contribution in [0.4, 0.5) is 13.2 Å². The van der Waals surface area contributed by atoms with Gasteiger partial charge in [-0.25, -0.2) is 0 Å². The summed E-state index contributed by atoms with van der Waals surface area (Å²) in [6, 6.07) is 6.01. The fourth-order valence-corrected chi connectivity index (χ4v) is 1.74. The Kier molecular flexibility index (Phi) is 4.86. The molecule has 128 valence electrons. The smallest absolute Gasteiger partial charge is 0.338 e. The average Bonchev–Trinajstić information content (AvgIpc) is 2.96. The monoisotopic (exact) mass is 343 g/mol. The number of benzene rings is 1. The molecule has 2 rings (SSSR count). The van der Waals surface area contributed by atoms with Crippen molar-refractivity contribution in [2.45, 2.75) is 26.6 Å². The molecule has 2 aromatic rings. The fourth-order valence-electron chi connectivity index (χ4n) is 1.74. The summed E-state index contributed by atoms with van der Waals surface area (Å²) in [5, 5.41) is 4.14. The lowest BCUT2D eigenvalue weighted by atomic mass is 10.1. The van der Waals surface area contributed by atoms with Crippen molar-refractivity contribution in [3.8, 4) is 11.4 Å². The second-order valence-corrected chi connectivity index (χ2v) is 4.76. The molecule has 0 aliphatic rings. The van der Waals surface area contributed by atoms with Crippen molar-refractivity contribution in [1.82, 2.24) is 15.2 Å². The maximum Gasteiger partial charge on any atom is 0.471 e. The molecule has 0 saturated carbocycles. The number of hydroxylamine groups is 2. The molecule has 10 heteroatoms. The van der Waals surface area contributed by atoms with E-state index in [4.69, 9.17) is 4.84 Å². The predicted molar refractivity (Wildman–Crippen MR) is 72.7 cm³/mol. The molecule has 0 aliphatic heterocycles. The summed E-state index contributed by atoms with van der Waals surface area (Å²) in [6.07, 6.45) is -4.71. The van der Waals surface area contributed by atoms with E-state index in [0.29, 0.717) is 11.1 Å². The molecule has 24 heavy (non-hydrogen) atoms. The van der Waals surface area contributed by atoms with Crippen LogP contribution >= 0.6 is 0 Å². The number of nitrogens with zero attached hydrogens (tertiary/aromatic N) is 3. The summed E-state index contributed by atoms with van der Waals surface area (Å²) in [6.45, 7) is 2.39. The van der Waals surface area contributed by atoms with Crippen LogP contribution in [0.5, 0.6) is 0 Å². The maximum absolute atomic E-state index is 12.4. The minimum Gasteiger partial charge on any atom is -0.338 e. The van der Waals surface area contributed by atoms with Gasteiger partial charge in [-0.3, -0.25) is 9.59 Å². The predicted octanol–water partition coefficient (Wildman–Crippen LogP) is 2.58. The molecule has 1 aromatic heterocycles. The zero-order valence-electron chi connectivity index (χ0n) is 12.6. The van der Waals surface area contributed by atoms with Gasteiger partial charge in [0.05, 0.1) is 6.54 Å². The minimum absolute atomic E-state index is 0.00472. The first-order chi connectivity index (χ1) is 11.2. The zero-order valence-corrected chi connectivity index (χ0v) is 12.6. The molecule has 0 atom stereocenters. The topological polar surface area (TPSA) is 85.5 Å². The SMILES string of the molecule is CC(=O)ON(Cc1ccc(-c2noc(C(F)(F)F)n2)cc1)C(C)=O. The van der Waals surface area contributed by atoms with Gasteiger partial charge in [-0.05, 0) is 5.56 Å². The molecule has 7 nitrogen and oxygen atoms in total. The molecule has 0 saturated heterocycles. The Balaban J connectivity index is 2.14. The standard InChI is InChI=1S/C14H12F3N3O4/c1-8(21)20(24-9(2)22)7-10-3-5-11(6-4-10)12-18-13(23-19-12)14(15,16)17/h3-6H,7H2,1-2H3. The Hall–Kier alpha value is -2.91. The van der Waals surface area contributed by atoms with Crippen LogP contribution in [-0.2, 0) is 27.1 Å². The Bertz CT molecular complexity index is 740. The number of hydrogen-bond acceptors (Lipinski definition) is 6. The molecule has 0 N–H and O–H groups in total. The molecule has 0 unspecified atom stereocenters. The van der Waals surface area contributed by atoms with Crippen LogP contribution in [-0.4, -0.2) is 27.1 Å². The van der Waals surface area contributed by atoms with E-state index in [1.54, 1.807) is 12.1 Å². The maximum atomic E-state index is 12.4. The number of hydrogen-bond donors (Lipinski definition) is 0. The first kappa shape index (κ1) is 17.4. The first-order valence-electron chi connectivity index (χ1n) is 6.63. The van der Waals surface area contributed by atoms with Gasteiger partial charge in [-0.15, -0.1) is 0 Å². The van der Waals surface area contributed by atoms with Gasteiger partial charge in [-0.1, -0.05) is 29.4 Å². The van der Waals surface area contributed by atoms with Crippen molar-refractivity contribution in [2.75, 3.05) is 0 Å². The summed E-state index contributed by atoms with van der Waals surface area (Å²) in [5.74, 6) is -2.76. The Labute approximate surface area is 134 Å². The van der Waals surface area contributed by atoms with E-state index in [9.17, 15) is 22.8 Å². The molecular formula is C14H12F3N3O4. The highest BCUT2D eigenvalue weighted by molar-refractivity contribution is 5.75. The highest BCUT2D eigenvalue weighted by Gasteiger charge is 2.38. The number of alkyl halides is 3. The largest absolute Gasteiger partial charge is 0.471 e. The Morgan fingerprint density at radius 1 is 1.21 bits per heavy atom. The lowest BCUT2D eigenvalue weighted by Crippen LogP contribution is -2.30. The van der Waals surface area contributed by atoms with Crippen LogP contribution < -0.4 is 0 Å². The van der Waals surface area contributed by atoms with Crippen LogP contribution in [0.25, 0.3) is 11.4 Å². The minimum atomic E-state index is -4.71. The van der Waals surface area contributed by atoms with E-state index in [1.807, 2.05) is 0 Å². The highest BCUT2D eigenvalue weighted by atomic mass is 19.4. The third kappa shape index (κ3) is 4.31. The van der Waals surface area contributed by atoms with Gasteiger partial charge in [0.25, 0.3) is 5.91 Å². The molecule has 0 spiro atoms. The van der Waals surface area contributed by atoms with E-state index in [1.165, 1.54) is 19.1 Å². The van der Waals surface area contributed by atoms with Gasteiger partial charge in [0.1, 0.15) is 0 Å². The summed E-state index contributed by atoms with van der Waals surface area (Å²) >= 11 is 0. The van der Waals surface area contributed by atoms with Crippen molar-refractivity contribution in [3.05, 3.63) is 35.7 Å². The molecule has 1 amide bonds. The Morgan fingerprint density at radius 3 is 2.29 bits per heavy atom. The lowest BCUT2D eigenvalue weighted by Gasteiger charge is -2.18. The molecule has 0 radical (unpaired) electrons. The fraction of sp³-hybridized carbons (Fsp3) is 0.286. The molecule has 0 aliphatic carbocycles. The van der Waals surface area contributed by atoms with Crippen molar-refractivity contribution < 1.29 is 32.1 Å². The summed E-state index contributed by atoms with van der Waals surface area (Å²) in [4.78, 5) is 30.3. The van der Waals surface area contributed by atoms with E-state index < -0.39 is 23.9 Å². The van der Waals surface area contributed by atoms with Crippen molar-refractivity contribution in [3.63, 3.8) is 0 Å². The first-order valence-corrected chi connectivity index (χ1v) is 6.63. The van der Waals surface area contributed by atoms with Gasteiger partial charge in [-0.2, -0.15) is 23.2 Å². The van der Waals surface area contributed by atoms with Crippen molar-refractivity contribution in [2.24, 2.45) is 0 Å². The summed E-state index contributed by atoms with van der Waals surface area (Å²) in [5.41, 5.74) is 0.898. The molecule has 1 heterocycles. The van der Waals surface area contributed by atoms with Crippen LogP contribution in [0.3, 0.4) is 0 Å². The lowest BCUT2D eigenvalue weighted by molar-refractivity contribution is -0.197. The van der Waals surface area contributed by atoms with Crippen molar-refractivity contribution >= 4 is 11.9 Å². The molecule has 1 aromatic carbocycles. The number of amides is 1. The van der Waals surface area contributed by atoms with E-state index in [-0.39, 0.29) is 12.4 Å². The van der Waals surface area contributed by atoms with E-state index in [2.05, 4.69) is 14.7 Å². The Morgan fingerprint density at radius 2 is 1.83 bits per heavy atom. The molecular weight excluding hydrogens is 331 g/mol. The number of halogens is 3. The normalized spacial score (nSPS) is 11.2. The molecule has 0 fully saturated rings. The average molecular weight is 343 g/mol. The van der Waals surface area contributed by atoms with Crippen LogP contribution in [0.15, 0.2) is 28.8 Å². The number of carbonyl (C=O) groups is 2. The van der Waals surface area contributed by atoms with E-state index in [0.717, 1.165) is 12.0 Å². The van der Waals surface area contributed by atoms with Crippen LogP contribution in [0, 0.1) is 0 Å². The van der Waals surface area contributed by atoms with E-state index >= 15 is 0 Å². The van der Waals surface area contributed by atoms with Crippen molar-refractivity contribution in [1.29, 1.82) is 0 Å². The number of aromatic nitrogens is 2. The zero-order chi connectivity index (χ0) is 17.9. The van der Waals surface area contributed by atoms with Crippen LogP contribution in [0.2, 0.25) is 0 Å². The summed E-state index contributed by atoms with van der Waals surface area (Å²) in [7, 11) is 0. The highest BCUT2D eigenvalue weighted by Crippen LogP contribution is 2.29. The third-order valence-electron chi connectivity index (χ3n) is 2.80. The number of carbonyl (C=O) groups excluding carboxylic acids is 2. The van der Waals surface area contributed by atoms with Gasteiger partial charge in [0.2, 0.25) is 5.82 Å². The third-order valence-corrected chi connectivity index (χ3v) is 2.80. The second kappa shape index (κ2) is 6.69. The van der Waals surface area contributed by atoms with Gasteiger partial charge in [0.15, 0.2) is 0 Å². The quantitative estimate of drug-likeness (QED) is 0.796. The summed E-state index contributed by atoms with van der Waals surface area (Å²) < 4.78 is 41.4. The second-order valence-electron chi connectivity index (χ2n) is 4.76.